The van der Waals surface area contributed by atoms with Gasteiger partial charge in [0.15, 0.2) is 10.8 Å². The summed E-state index contributed by atoms with van der Waals surface area (Å²) in [7, 11) is 2.04. The van der Waals surface area contributed by atoms with E-state index in [1.165, 1.54) is 36.5 Å². The van der Waals surface area contributed by atoms with E-state index in [-0.39, 0.29) is 12.2 Å². The van der Waals surface area contributed by atoms with E-state index in [1.807, 2.05) is 20.2 Å². The Morgan fingerprint density at radius 1 is 1.26 bits per heavy atom. The molecular weight excluding hydrogens is 525 g/mol. The van der Waals surface area contributed by atoms with Gasteiger partial charge in [-0.15, -0.1) is 0 Å². The largest absolute Gasteiger partial charge is 0.388 e. The van der Waals surface area contributed by atoms with Crippen molar-refractivity contribution >= 4 is 50.6 Å². The molecule has 200 valence electrons. The first kappa shape index (κ1) is 25.5. The van der Waals surface area contributed by atoms with Crippen LogP contribution < -0.4 is 15.1 Å². The van der Waals surface area contributed by atoms with E-state index >= 15 is 4.39 Å². The van der Waals surface area contributed by atoms with Crippen molar-refractivity contribution in [1.29, 1.82) is 5.41 Å². The van der Waals surface area contributed by atoms with Crippen LogP contribution in [0.25, 0.3) is 21.6 Å². The van der Waals surface area contributed by atoms with Crippen LogP contribution in [0.2, 0.25) is 5.02 Å². The highest BCUT2D eigenvalue weighted by Crippen LogP contribution is 2.39. The predicted octanol–water partition coefficient (Wildman–Crippen LogP) is 5.27. The van der Waals surface area contributed by atoms with Gasteiger partial charge in [0.05, 0.1) is 18.3 Å². The number of ether oxygens (including phenoxy) is 1. The van der Waals surface area contributed by atoms with Crippen molar-refractivity contribution in [2.45, 2.75) is 50.9 Å². The van der Waals surface area contributed by atoms with E-state index in [1.54, 1.807) is 12.1 Å². The van der Waals surface area contributed by atoms with Crippen LogP contribution in [0.1, 0.15) is 32.6 Å². The van der Waals surface area contributed by atoms with Crippen LogP contribution in [0.15, 0.2) is 30.0 Å². The SMILES string of the molecule is CC1CN(c2nc(-c3ccc(Cl)cc3F)c3sc(N(C)CC4CC4)nc3n2)CC(/C(C=N)=C/NC2CC2)O1. The number of nitrogens with zero attached hydrogens (tertiary/aromatic N) is 5. The summed E-state index contributed by atoms with van der Waals surface area (Å²) in [6.45, 7) is 4.00. The highest BCUT2D eigenvalue weighted by molar-refractivity contribution is 7.22. The molecule has 0 spiro atoms. The topological polar surface area (TPSA) is 90.3 Å². The number of hydrogen-bond donors (Lipinski definition) is 2. The van der Waals surface area contributed by atoms with Crippen LogP contribution in [-0.4, -0.2) is 66.1 Å². The predicted molar refractivity (Wildman–Crippen MR) is 151 cm³/mol. The second kappa shape index (κ2) is 10.4. The zero-order valence-corrected chi connectivity index (χ0v) is 23.0. The lowest BCUT2D eigenvalue weighted by atomic mass is 10.1. The maximum atomic E-state index is 15.2. The molecule has 3 aromatic rings. The van der Waals surface area contributed by atoms with Gasteiger partial charge >= 0.3 is 0 Å². The Balaban J connectivity index is 1.39. The molecule has 2 aliphatic carbocycles. The third kappa shape index (κ3) is 5.48. The number of morpholine rings is 1. The zero-order chi connectivity index (χ0) is 26.4. The molecule has 3 heterocycles. The van der Waals surface area contributed by atoms with Gasteiger partial charge in [0.1, 0.15) is 16.6 Å². The molecule has 2 atom stereocenters. The molecular formula is C27H31ClFN7OS. The molecule has 2 saturated carbocycles. The molecule has 3 fully saturated rings. The summed E-state index contributed by atoms with van der Waals surface area (Å²) in [5.41, 5.74) is 2.21. The normalized spacial score (nSPS) is 22.1. The lowest BCUT2D eigenvalue weighted by Crippen LogP contribution is -2.48. The Kier molecular flexibility index (Phi) is 6.96. The minimum atomic E-state index is -0.432. The molecule has 3 aliphatic rings. The van der Waals surface area contributed by atoms with Crippen molar-refractivity contribution in [1.82, 2.24) is 20.3 Å². The van der Waals surface area contributed by atoms with Crippen LogP contribution in [0.3, 0.4) is 0 Å². The molecule has 8 nitrogen and oxygen atoms in total. The number of anilines is 2. The van der Waals surface area contributed by atoms with Gasteiger partial charge in [-0.2, -0.15) is 9.97 Å². The van der Waals surface area contributed by atoms with Gasteiger partial charge in [-0.1, -0.05) is 22.9 Å². The summed E-state index contributed by atoms with van der Waals surface area (Å²) >= 11 is 7.55. The van der Waals surface area contributed by atoms with Crippen LogP contribution in [0.5, 0.6) is 0 Å². The fourth-order valence-corrected chi connectivity index (χ4v) is 5.87. The molecule has 2 N–H and O–H groups in total. The average Bonchev–Trinajstić information content (AvgIpc) is 3.82. The van der Waals surface area contributed by atoms with Gasteiger partial charge in [0.25, 0.3) is 0 Å². The fraction of sp³-hybridized carbons (Fsp3) is 0.481. The number of fused-ring (bicyclic) bond motifs is 1. The number of aromatic nitrogens is 3. The minimum Gasteiger partial charge on any atom is -0.388 e. The second-order valence-corrected chi connectivity index (χ2v) is 12.0. The standard InChI is InChI=1S/C27H31ClFN7OS/c1-15-12-36(14-22(37-15)17(10-30)11-31-19-6-7-19)26-32-23(20-8-5-18(28)9-21(20)29)24-25(33-26)34-27(38-24)35(2)13-16-3-4-16/h5,8-11,15-16,19,22,30-31H,3-4,6-7,12-14H2,1-2H3/b17-11+,30-10?. The molecule has 2 aromatic heterocycles. The number of halogens is 2. The van der Waals surface area contributed by atoms with Crippen molar-refractivity contribution in [3.05, 3.63) is 40.8 Å². The lowest BCUT2D eigenvalue weighted by molar-refractivity contribution is 0.00652. The van der Waals surface area contributed by atoms with E-state index in [0.29, 0.717) is 52.9 Å². The Labute approximate surface area is 230 Å². The summed E-state index contributed by atoms with van der Waals surface area (Å²) in [6.07, 6.45) is 7.62. The average molecular weight is 556 g/mol. The summed E-state index contributed by atoms with van der Waals surface area (Å²) in [4.78, 5) is 18.8. The van der Waals surface area contributed by atoms with Crippen LogP contribution in [0.4, 0.5) is 15.5 Å². The second-order valence-electron chi connectivity index (χ2n) is 10.5. The molecule has 2 unspecified atom stereocenters. The number of benzene rings is 1. The summed E-state index contributed by atoms with van der Waals surface area (Å²) in [5, 5.41) is 12.5. The maximum Gasteiger partial charge on any atom is 0.228 e. The van der Waals surface area contributed by atoms with Crippen molar-refractivity contribution in [2.75, 3.05) is 36.5 Å². The van der Waals surface area contributed by atoms with Crippen LogP contribution >= 0.6 is 22.9 Å². The zero-order valence-electron chi connectivity index (χ0n) is 21.5. The first-order chi connectivity index (χ1) is 18.4. The number of thiazole rings is 1. The van der Waals surface area contributed by atoms with Gasteiger partial charge in [-0.05, 0) is 56.7 Å². The van der Waals surface area contributed by atoms with Gasteiger partial charge in [-0.25, -0.2) is 9.37 Å². The molecule has 6 rings (SSSR count). The third-order valence-electron chi connectivity index (χ3n) is 7.12. The summed E-state index contributed by atoms with van der Waals surface area (Å²) < 4.78 is 22.1. The first-order valence-electron chi connectivity index (χ1n) is 13.1. The molecule has 1 aliphatic heterocycles. The van der Waals surface area contributed by atoms with Crippen molar-refractivity contribution < 1.29 is 9.13 Å². The molecule has 38 heavy (non-hydrogen) atoms. The van der Waals surface area contributed by atoms with Gasteiger partial charge in [0.2, 0.25) is 5.95 Å². The Bertz CT molecular complexity index is 1390. The first-order valence-corrected chi connectivity index (χ1v) is 14.3. The van der Waals surface area contributed by atoms with E-state index < -0.39 is 5.82 Å². The monoisotopic (exact) mass is 555 g/mol. The number of nitrogens with one attached hydrogen (secondary N) is 2. The molecule has 0 amide bonds. The van der Waals surface area contributed by atoms with Gasteiger partial charge in [0, 0.05) is 54.8 Å². The molecule has 1 saturated heterocycles. The van der Waals surface area contributed by atoms with Crippen LogP contribution in [0, 0.1) is 17.1 Å². The molecule has 1 aromatic carbocycles. The van der Waals surface area contributed by atoms with E-state index in [9.17, 15) is 0 Å². The Morgan fingerprint density at radius 3 is 2.79 bits per heavy atom. The number of rotatable bonds is 9. The third-order valence-corrected chi connectivity index (χ3v) is 8.52. The molecule has 11 heteroatoms. The molecule has 0 radical (unpaired) electrons. The summed E-state index contributed by atoms with van der Waals surface area (Å²) in [6, 6.07) is 5.14. The smallest absolute Gasteiger partial charge is 0.228 e. The fourth-order valence-electron chi connectivity index (χ4n) is 4.73. The van der Waals surface area contributed by atoms with E-state index in [4.69, 9.17) is 36.7 Å². The van der Waals surface area contributed by atoms with Crippen molar-refractivity contribution in [2.24, 2.45) is 5.92 Å². The minimum absolute atomic E-state index is 0.108. The van der Waals surface area contributed by atoms with E-state index in [0.717, 1.165) is 34.8 Å². The maximum absolute atomic E-state index is 15.2. The van der Waals surface area contributed by atoms with Crippen molar-refractivity contribution in [3.8, 4) is 11.3 Å². The lowest BCUT2D eigenvalue weighted by Gasteiger charge is -2.37. The Hall–Kier alpha value is -2.82. The van der Waals surface area contributed by atoms with Crippen molar-refractivity contribution in [3.63, 3.8) is 0 Å². The highest BCUT2D eigenvalue weighted by atomic mass is 35.5. The van der Waals surface area contributed by atoms with Gasteiger partial charge < -0.3 is 25.3 Å². The molecule has 0 bridgehead atoms. The summed E-state index contributed by atoms with van der Waals surface area (Å²) in [5.74, 6) is 0.750. The van der Waals surface area contributed by atoms with E-state index in [2.05, 4.69) is 15.1 Å². The highest BCUT2D eigenvalue weighted by Gasteiger charge is 2.31. The van der Waals surface area contributed by atoms with Crippen LogP contribution in [-0.2, 0) is 4.74 Å². The Morgan fingerprint density at radius 2 is 2.08 bits per heavy atom. The van der Waals surface area contributed by atoms with Gasteiger partial charge in [-0.3, -0.25) is 0 Å². The quantitative estimate of drug-likeness (QED) is 0.348. The number of hydrogen-bond acceptors (Lipinski definition) is 9.